The third-order valence-electron chi connectivity index (χ3n) is 4.84. The number of aliphatic imine (C=N–C) groups is 1. The molecule has 0 fully saturated rings. The fraction of sp³-hybridized carbons (Fsp3) is 0.190. The average molecular weight is 380 g/mol. The SMILES string of the molecule is CN1C(=O)C(Cc2ccc(C3=CCC=N3)cc2)NC(=O)c2cc(Cl)ccc21. The van der Waals surface area contributed by atoms with Crippen molar-refractivity contribution in [2.45, 2.75) is 18.9 Å². The maximum absolute atomic E-state index is 12.9. The number of hydrogen-bond acceptors (Lipinski definition) is 3. The summed E-state index contributed by atoms with van der Waals surface area (Å²) < 4.78 is 0. The topological polar surface area (TPSA) is 61.8 Å². The van der Waals surface area contributed by atoms with E-state index >= 15 is 0 Å². The fourth-order valence-corrected chi connectivity index (χ4v) is 3.55. The molecule has 5 nitrogen and oxygen atoms in total. The van der Waals surface area contributed by atoms with Crippen LogP contribution in [0.25, 0.3) is 5.70 Å². The zero-order valence-corrected chi connectivity index (χ0v) is 15.5. The third kappa shape index (κ3) is 3.38. The van der Waals surface area contributed by atoms with Gasteiger partial charge < -0.3 is 10.2 Å². The second-order valence-electron chi connectivity index (χ2n) is 6.62. The minimum atomic E-state index is -0.636. The van der Waals surface area contributed by atoms with Crippen molar-refractivity contribution < 1.29 is 9.59 Å². The largest absolute Gasteiger partial charge is 0.340 e. The molecule has 0 aliphatic carbocycles. The Balaban J connectivity index is 1.57. The summed E-state index contributed by atoms with van der Waals surface area (Å²) in [5, 5.41) is 3.30. The van der Waals surface area contributed by atoms with Gasteiger partial charge >= 0.3 is 0 Å². The van der Waals surface area contributed by atoms with E-state index in [9.17, 15) is 9.59 Å². The van der Waals surface area contributed by atoms with Gasteiger partial charge in [0.25, 0.3) is 5.91 Å². The lowest BCUT2D eigenvalue weighted by molar-refractivity contribution is -0.120. The third-order valence-corrected chi connectivity index (χ3v) is 5.07. The fourth-order valence-electron chi connectivity index (χ4n) is 3.38. The molecule has 136 valence electrons. The zero-order chi connectivity index (χ0) is 19.0. The number of anilines is 1. The van der Waals surface area contributed by atoms with Gasteiger partial charge in [-0.05, 0) is 29.3 Å². The summed E-state index contributed by atoms with van der Waals surface area (Å²) in [7, 11) is 1.68. The van der Waals surface area contributed by atoms with Crippen LogP contribution in [0.15, 0.2) is 53.5 Å². The Bertz CT molecular complexity index is 979. The summed E-state index contributed by atoms with van der Waals surface area (Å²) in [6.45, 7) is 0. The highest BCUT2D eigenvalue weighted by Gasteiger charge is 2.32. The monoisotopic (exact) mass is 379 g/mol. The highest BCUT2D eigenvalue weighted by molar-refractivity contribution is 6.31. The van der Waals surface area contributed by atoms with Crippen LogP contribution in [-0.2, 0) is 11.2 Å². The molecule has 6 heteroatoms. The molecule has 2 amide bonds. The smallest absolute Gasteiger partial charge is 0.254 e. The molecule has 4 rings (SSSR count). The van der Waals surface area contributed by atoms with Gasteiger partial charge in [-0.1, -0.05) is 41.9 Å². The number of rotatable bonds is 3. The van der Waals surface area contributed by atoms with Gasteiger partial charge in [0, 0.05) is 31.1 Å². The molecule has 0 saturated heterocycles. The molecule has 0 spiro atoms. The molecule has 1 atom stereocenters. The second kappa shape index (κ2) is 7.00. The van der Waals surface area contributed by atoms with Crippen molar-refractivity contribution in [3.63, 3.8) is 0 Å². The first-order valence-electron chi connectivity index (χ1n) is 8.73. The van der Waals surface area contributed by atoms with Crippen molar-refractivity contribution in [2.75, 3.05) is 11.9 Å². The molecule has 1 N–H and O–H groups in total. The quantitative estimate of drug-likeness (QED) is 0.887. The highest BCUT2D eigenvalue weighted by Crippen LogP contribution is 2.27. The lowest BCUT2D eigenvalue weighted by Crippen LogP contribution is -2.45. The van der Waals surface area contributed by atoms with Gasteiger partial charge in [0.05, 0.1) is 16.9 Å². The normalized spacial score (nSPS) is 18.8. The molecule has 27 heavy (non-hydrogen) atoms. The molecule has 2 aromatic carbocycles. The van der Waals surface area contributed by atoms with E-state index in [0.717, 1.165) is 23.2 Å². The van der Waals surface area contributed by atoms with Gasteiger partial charge in [-0.15, -0.1) is 0 Å². The summed E-state index contributed by atoms with van der Waals surface area (Å²) in [5.41, 5.74) is 3.95. The van der Waals surface area contributed by atoms with Crippen molar-refractivity contribution in [3.05, 3.63) is 70.3 Å². The van der Waals surface area contributed by atoms with Crippen LogP contribution < -0.4 is 10.2 Å². The van der Waals surface area contributed by atoms with Crippen LogP contribution in [-0.4, -0.2) is 31.1 Å². The van der Waals surface area contributed by atoms with Gasteiger partial charge in [0.2, 0.25) is 5.91 Å². The predicted molar refractivity (Wildman–Crippen MR) is 107 cm³/mol. The summed E-state index contributed by atoms with van der Waals surface area (Å²) >= 11 is 6.02. The van der Waals surface area contributed by atoms with E-state index < -0.39 is 6.04 Å². The predicted octanol–water partition coefficient (Wildman–Crippen LogP) is 3.47. The standard InChI is InChI=1S/C21H18ClN3O2/c1-25-19-9-8-15(22)12-16(19)20(26)24-18(21(25)27)11-13-4-6-14(7-5-13)17-3-2-10-23-17/h3-10,12,18H,2,11H2,1H3,(H,24,26). The number of hydrogen-bond donors (Lipinski definition) is 1. The number of carbonyl (C=O) groups is 2. The lowest BCUT2D eigenvalue weighted by atomic mass is 10.0. The van der Waals surface area contributed by atoms with E-state index in [2.05, 4.69) is 16.4 Å². The molecular formula is C21H18ClN3O2. The Morgan fingerprint density at radius 2 is 1.96 bits per heavy atom. The number of fused-ring (bicyclic) bond motifs is 1. The Hall–Kier alpha value is -2.92. The van der Waals surface area contributed by atoms with Gasteiger partial charge in [0.1, 0.15) is 6.04 Å². The van der Waals surface area contributed by atoms with Crippen LogP contribution in [0.3, 0.4) is 0 Å². The molecule has 0 saturated carbocycles. The van der Waals surface area contributed by atoms with Crippen LogP contribution in [0, 0.1) is 0 Å². The molecular weight excluding hydrogens is 362 g/mol. The van der Waals surface area contributed by atoms with E-state index in [0.29, 0.717) is 22.7 Å². The molecule has 0 bridgehead atoms. The second-order valence-corrected chi connectivity index (χ2v) is 7.06. The number of nitrogens with zero attached hydrogens (tertiary/aromatic N) is 2. The summed E-state index contributed by atoms with van der Waals surface area (Å²) in [4.78, 5) is 31.3. The maximum atomic E-state index is 12.9. The molecule has 1 unspecified atom stereocenters. The summed E-state index contributed by atoms with van der Waals surface area (Å²) in [6, 6.07) is 12.2. The van der Waals surface area contributed by atoms with Crippen LogP contribution in [0.1, 0.15) is 27.9 Å². The maximum Gasteiger partial charge on any atom is 0.254 e. The van der Waals surface area contributed by atoms with Crippen molar-refractivity contribution >= 4 is 41.0 Å². The highest BCUT2D eigenvalue weighted by atomic mass is 35.5. The number of amides is 2. The molecule has 2 aromatic rings. The van der Waals surface area contributed by atoms with E-state index in [-0.39, 0.29) is 11.8 Å². The van der Waals surface area contributed by atoms with Gasteiger partial charge in [-0.2, -0.15) is 0 Å². The van der Waals surface area contributed by atoms with Crippen LogP contribution >= 0.6 is 11.6 Å². The lowest BCUT2D eigenvalue weighted by Gasteiger charge is -2.21. The van der Waals surface area contributed by atoms with Gasteiger partial charge in [-0.3, -0.25) is 14.6 Å². The first-order valence-corrected chi connectivity index (χ1v) is 9.11. The van der Waals surface area contributed by atoms with E-state index in [1.807, 2.05) is 30.5 Å². The Morgan fingerprint density at radius 1 is 1.19 bits per heavy atom. The molecule has 0 radical (unpaired) electrons. The average Bonchev–Trinajstić information content (AvgIpc) is 3.19. The van der Waals surface area contributed by atoms with Crippen molar-refractivity contribution in [2.24, 2.45) is 4.99 Å². The van der Waals surface area contributed by atoms with Crippen molar-refractivity contribution in [1.82, 2.24) is 5.32 Å². The van der Waals surface area contributed by atoms with Crippen molar-refractivity contribution in [1.29, 1.82) is 0 Å². The minimum absolute atomic E-state index is 0.156. The minimum Gasteiger partial charge on any atom is -0.340 e. The molecule has 2 aliphatic rings. The molecule has 2 heterocycles. The number of likely N-dealkylation sites (N-methyl/N-ethyl adjacent to an activating group) is 1. The van der Waals surface area contributed by atoms with Crippen LogP contribution in [0.5, 0.6) is 0 Å². The summed E-state index contributed by atoms with van der Waals surface area (Å²) in [5.74, 6) is -0.450. The Labute approximate surface area is 162 Å². The number of benzene rings is 2. The zero-order valence-electron chi connectivity index (χ0n) is 14.8. The number of nitrogens with one attached hydrogen (secondary N) is 1. The first kappa shape index (κ1) is 17.5. The van der Waals surface area contributed by atoms with E-state index in [1.165, 1.54) is 4.90 Å². The summed E-state index contributed by atoms with van der Waals surface area (Å²) in [6.07, 6.45) is 5.22. The number of halogens is 1. The first-order chi connectivity index (χ1) is 13.0. The number of allylic oxidation sites excluding steroid dienone is 1. The van der Waals surface area contributed by atoms with Crippen molar-refractivity contribution in [3.8, 4) is 0 Å². The van der Waals surface area contributed by atoms with Crippen LogP contribution in [0.4, 0.5) is 5.69 Å². The van der Waals surface area contributed by atoms with Gasteiger partial charge in [0.15, 0.2) is 0 Å². The van der Waals surface area contributed by atoms with Crippen LogP contribution in [0.2, 0.25) is 5.02 Å². The Kier molecular flexibility index (Phi) is 4.54. The van der Waals surface area contributed by atoms with Gasteiger partial charge in [-0.25, -0.2) is 0 Å². The number of carbonyl (C=O) groups excluding carboxylic acids is 2. The van der Waals surface area contributed by atoms with E-state index in [4.69, 9.17) is 11.6 Å². The van der Waals surface area contributed by atoms with E-state index in [1.54, 1.807) is 25.2 Å². The Morgan fingerprint density at radius 3 is 2.67 bits per heavy atom. The molecule has 2 aliphatic heterocycles. The molecule has 0 aromatic heterocycles.